The summed E-state index contributed by atoms with van der Waals surface area (Å²) in [6.07, 6.45) is 1.41. The van der Waals surface area contributed by atoms with Gasteiger partial charge in [0.1, 0.15) is 16.6 Å². The molecule has 0 aliphatic heterocycles. The van der Waals surface area contributed by atoms with Gasteiger partial charge in [0.25, 0.3) is 0 Å². The van der Waals surface area contributed by atoms with Crippen molar-refractivity contribution in [3.63, 3.8) is 0 Å². The molecule has 1 heterocycles. The summed E-state index contributed by atoms with van der Waals surface area (Å²) in [7, 11) is 1.82. The Labute approximate surface area is 90.2 Å². The van der Waals surface area contributed by atoms with Crippen LogP contribution >= 0.6 is 15.9 Å². The largest absolute Gasteiger partial charge is 0.395 e. The van der Waals surface area contributed by atoms with Gasteiger partial charge in [0, 0.05) is 13.6 Å². The summed E-state index contributed by atoms with van der Waals surface area (Å²) in [5.74, 6) is 6.45. The SMILES string of the molecule is CN(CCO)c1ncnc(NN)c1Br. The number of hydrogen-bond donors (Lipinski definition) is 3. The minimum absolute atomic E-state index is 0.0678. The summed E-state index contributed by atoms with van der Waals surface area (Å²) >= 11 is 3.32. The van der Waals surface area contributed by atoms with E-state index in [-0.39, 0.29) is 6.61 Å². The lowest BCUT2D eigenvalue weighted by Gasteiger charge is -2.18. The highest BCUT2D eigenvalue weighted by atomic mass is 79.9. The highest BCUT2D eigenvalue weighted by Gasteiger charge is 2.10. The Kier molecular flexibility index (Phi) is 4.05. The molecule has 1 aromatic rings. The predicted octanol–water partition coefficient (Wildman–Crippen LogP) is -0.0468. The van der Waals surface area contributed by atoms with Crippen LogP contribution < -0.4 is 16.2 Å². The van der Waals surface area contributed by atoms with E-state index in [1.54, 1.807) is 4.90 Å². The number of hydrazine groups is 1. The maximum Gasteiger partial charge on any atom is 0.159 e. The van der Waals surface area contributed by atoms with E-state index in [1.165, 1.54) is 6.33 Å². The van der Waals surface area contributed by atoms with Crippen LogP contribution in [0, 0.1) is 0 Å². The van der Waals surface area contributed by atoms with Crippen LogP contribution in [0.3, 0.4) is 0 Å². The molecule has 0 radical (unpaired) electrons. The number of anilines is 2. The van der Waals surface area contributed by atoms with Crippen LogP contribution in [-0.2, 0) is 0 Å². The summed E-state index contributed by atoms with van der Waals surface area (Å²) in [6.45, 7) is 0.567. The van der Waals surface area contributed by atoms with Crippen molar-refractivity contribution in [2.45, 2.75) is 0 Å². The van der Waals surface area contributed by atoms with Crippen molar-refractivity contribution in [2.24, 2.45) is 5.84 Å². The summed E-state index contributed by atoms with van der Waals surface area (Å²) in [5.41, 5.74) is 2.45. The molecule has 0 spiro atoms. The van der Waals surface area contributed by atoms with Crippen LogP contribution in [0.15, 0.2) is 10.8 Å². The first-order valence-corrected chi connectivity index (χ1v) is 4.79. The molecule has 0 bridgehead atoms. The fraction of sp³-hybridized carbons (Fsp3) is 0.429. The first kappa shape index (κ1) is 11.2. The van der Waals surface area contributed by atoms with E-state index < -0.39 is 0 Å². The molecule has 0 amide bonds. The molecular formula is C7H12BrN5O. The molecule has 14 heavy (non-hydrogen) atoms. The fourth-order valence-corrected chi connectivity index (χ4v) is 1.61. The first-order valence-electron chi connectivity index (χ1n) is 3.99. The van der Waals surface area contributed by atoms with E-state index in [0.29, 0.717) is 22.7 Å². The number of nitrogens with one attached hydrogen (secondary N) is 1. The molecule has 1 aromatic heterocycles. The predicted molar refractivity (Wildman–Crippen MR) is 57.9 cm³/mol. The highest BCUT2D eigenvalue weighted by Crippen LogP contribution is 2.27. The second kappa shape index (κ2) is 5.08. The molecule has 0 aliphatic carbocycles. The molecule has 4 N–H and O–H groups in total. The number of rotatable bonds is 4. The third kappa shape index (κ3) is 2.31. The maximum atomic E-state index is 8.77. The van der Waals surface area contributed by atoms with E-state index in [4.69, 9.17) is 10.9 Å². The van der Waals surface area contributed by atoms with Gasteiger partial charge in [-0.1, -0.05) is 0 Å². The molecule has 0 atom stereocenters. The molecule has 78 valence electrons. The number of aliphatic hydroxyl groups is 1. The molecular weight excluding hydrogens is 250 g/mol. The maximum absolute atomic E-state index is 8.77. The van der Waals surface area contributed by atoms with Gasteiger partial charge in [0.15, 0.2) is 5.82 Å². The number of nitrogens with zero attached hydrogens (tertiary/aromatic N) is 3. The number of nitrogen functional groups attached to an aromatic ring is 1. The molecule has 0 saturated carbocycles. The van der Waals surface area contributed by atoms with Gasteiger partial charge in [-0.25, -0.2) is 15.8 Å². The first-order chi connectivity index (χ1) is 6.70. The molecule has 6 nitrogen and oxygen atoms in total. The van der Waals surface area contributed by atoms with Crippen LogP contribution in [0.2, 0.25) is 0 Å². The van der Waals surface area contributed by atoms with Gasteiger partial charge in [-0.05, 0) is 15.9 Å². The van der Waals surface area contributed by atoms with Crippen molar-refractivity contribution in [1.29, 1.82) is 0 Å². The van der Waals surface area contributed by atoms with E-state index in [0.717, 1.165) is 0 Å². The average molecular weight is 262 g/mol. The molecule has 0 unspecified atom stereocenters. The van der Waals surface area contributed by atoms with E-state index in [1.807, 2.05) is 7.05 Å². The van der Waals surface area contributed by atoms with E-state index >= 15 is 0 Å². The summed E-state index contributed by atoms with van der Waals surface area (Å²) in [4.78, 5) is 9.78. The number of likely N-dealkylation sites (N-methyl/N-ethyl adjacent to an activating group) is 1. The monoisotopic (exact) mass is 261 g/mol. The fourth-order valence-electron chi connectivity index (χ4n) is 0.983. The number of hydrogen-bond acceptors (Lipinski definition) is 6. The molecule has 0 fully saturated rings. The van der Waals surface area contributed by atoms with Crippen molar-refractivity contribution in [3.8, 4) is 0 Å². The van der Waals surface area contributed by atoms with E-state index in [9.17, 15) is 0 Å². The van der Waals surface area contributed by atoms with Crippen LogP contribution in [0.25, 0.3) is 0 Å². The second-order valence-electron chi connectivity index (χ2n) is 2.65. The Morgan fingerprint density at radius 2 is 2.36 bits per heavy atom. The lowest BCUT2D eigenvalue weighted by atomic mass is 10.4. The normalized spacial score (nSPS) is 10.0. The van der Waals surface area contributed by atoms with Crippen molar-refractivity contribution in [2.75, 3.05) is 30.5 Å². The number of halogens is 1. The minimum atomic E-state index is 0.0678. The molecule has 0 saturated heterocycles. The van der Waals surface area contributed by atoms with Crippen LogP contribution in [-0.4, -0.2) is 35.3 Å². The summed E-state index contributed by atoms with van der Waals surface area (Å²) in [6, 6.07) is 0. The number of nitrogens with two attached hydrogens (primary N) is 1. The second-order valence-corrected chi connectivity index (χ2v) is 3.44. The van der Waals surface area contributed by atoms with Crippen molar-refractivity contribution >= 4 is 27.6 Å². The van der Waals surface area contributed by atoms with Gasteiger partial charge in [0.05, 0.1) is 6.61 Å². The topological polar surface area (TPSA) is 87.3 Å². The van der Waals surface area contributed by atoms with Crippen molar-refractivity contribution in [3.05, 3.63) is 10.8 Å². The molecule has 0 aromatic carbocycles. The van der Waals surface area contributed by atoms with Gasteiger partial charge in [-0.15, -0.1) is 0 Å². The van der Waals surface area contributed by atoms with E-state index in [2.05, 4.69) is 31.3 Å². The van der Waals surface area contributed by atoms with Crippen molar-refractivity contribution < 1.29 is 5.11 Å². The van der Waals surface area contributed by atoms with Gasteiger partial charge < -0.3 is 15.4 Å². The van der Waals surface area contributed by atoms with Gasteiger partial charge >= 0.3 is 0 Å². The van der Waals surface area contributed by atoms with Gasteiger partial charge in [-0.2, -0.15) is 0 Å². The Morgan fingerprint density at radius 1 is 1.64 bits per heavy atom. The standard InChI is InChI=1S/C7H12BrN5O/c1-13(2-3-14)7-5(8)6(12-9)10-4-11-7/h4,14H,2-3,9H2,1H3,(H,10,11,12). The molecule has 1 rings (SSSR count). The summed E-state index contributed by atoms with van der Waals surface area (Å²) in [5, 5.41) is 8.77. The third-order valence-electron chi connectivity index (χ3n) is 1.70. The lowest BCUT2D eigenvalue weighted by Crippen LogP contribution is -2.23. The zero-order valence-corrected chi connectivity index (χ0v) is 9.32. The van der Waals surface area contributed by atoms with Crippen LogP contribution in [0.5, 0.6) is 0 Å². The average Bonchev–Trinajstić information content (AvgIpc) is 2.18. The molecule has 7 heteroatoms. The lowest BCUT2D eigenvalue weighted by molar-refractivity contribution is 0.304. The Bertz CT molecular complexity index is 308. The zero-order chi connectivity index (χ0) is 10.6. The quantitative estimate of drug-likeness (QED) is 0.521. The smallest absolute Gasteiger partial charge is 0.159 e. The Hall–Kier alpha value is -0.920. The van der Waals surface area contributed by atoms with Crippen LogP contribution in [0.4, 0.5) is 11.6 Å². The minimum Gasteiger partial charge on any atom is -0.395 e. The van der Waals surface area contributed by atoms with Gasteiger partial charge in [-0.3, -0.25) is 0 Å². The number of aliphatic hydroxyl groups excluding tert-OH is 1. The highest BCUT2D eigenvalue weighted by molar-refractivity contribution is 9.10. The van der Waals surface area contributed by atoms with Gasteiger partial charge in [0.2, 0.25) is 0 Å². The van der Waals surface area contributed by atoms with Crippen LogP contribution in [0.1, 0.15) is 0 Å². The summed E-state index contributed by atoms with van der Waals surface area (Å²) < 4.78 is 0.679. The molecule has 0 aliphatic rings. The Balaban J connectivity index is 2.96. The van der Waals surface area contributed by atoms with Crippen molar-refractivity contribution in [1.82, 2.24) is 9.97 Å². The number of aromatic nitrogens is 2. The Morgan fingerprint density at radius 3 is 2.93 bits per heavy atom. The zero-order valence-electron chi connectivity index (χ0n) is 7.74. The third-order valence-corrected chi connectivity index (χ3v) is 2.43.